The van der Waals surface area contributed by atoms with E-state index < -0.39 is 5.97 Å². The first kappa shape index (κ1) is 13.9. The zero-order chi connectivity index (χ0) is 13.5. The van der Waals surface area contributed by atoms with E-state index in [4.69, 9.17) is 9.84 Å². The summed E-state index contributed by atoms with van der Waals surface area (Å²) in [5.41, 5.74) is 0.235. The average Bonchev–Trinajstić information content (AvgIpc) is 2.68. The van der Waals surface area contributed by atoms with Gasteiger partial charge in [-0.05, 0) is 38.1 Å². The van der Waals surface area contributed by atoms with Crippen LogP contribution in [0.5, 0.6) is 5.75 Å². The average molecular weight is 263 g/mol. The number of hydrogen-bond acceptors (Lipinski definition) is 3. The fourth-order valence-corrected chi connectivity index (χ4v) is 2.41. The highest BCUT2D eigenvalue weighted by atomic mass is 16.5. The van der Waals surface area contributed by atoms with Crippen LogP contribution in [0.15, 0.2) is 24.3 Å². The van der Waals surface area contributed by atoms with Crippen molar-refractivity contribution >= 4 is 5.97 Å². The summed E-state index contributed by atoms with van der Waals surface area (Å²) in [6.07, 6.45) is 5.15. The second-order valence-electron chi connectivity index (χ2n) is 4.91. The topological polar surface area (TPSA) is 49.8 Å². The van der Waals surface area contributed by atoms with Crippen molar-refractivity contribution in [2.45, 2.75) is 25.7 Å². The van der Waals surface area contributed by atoms with Crippen molar-refractivity contribution in [2.24, 2.45) is 0 Å². The first-order valence-electron chi connectivity index (χ1n) is 6.95. The van der Waals surface area contributed by atoms with Gasteiger partial charge >= 0.3 is 5.97 Å². The summed E-state index contributed by atoms with van der Waals surface area (Å²) < 4.78 is 5.62. The summed E-state index contributed by atoms with van der Waals surface area (Å²) in [4.78, 5) is 13.4. The van der Waals surface area contributed by atoms with Crippen LogP contribution in [0.2, 0.25) is 0 Å². The summed E-state index contributed by atoms with van der Waals surface area (Å²) in [6.45, 7) is 3.67. The van der Waals surface area contributed by atoms with Gasteiger partial charge in [-0.2, -0.15) is 0 Å². The van der Waals surface area contributed by atoms with Crippen LogP contribution in [0.3, 0.4) is 0 Å². The summed E-state index contributed by atoms with van der Waals surface area (Å²) >= 11 is 0. The number of nitrogens with zero attached hydrogens (tertiary/aromatic N) is 1. The third-order valence-electron chi connectivity index (χ3n) is 3.48. The lowest BCUT2D eigenvalue weighted by Crippen LogP contribution is -2.29. The van der Waals surface area contributed by atoms with E-state index in [1.54, 1.807) is 24.3 Å². The smallest absolute Gasteiger partial charge is 0.339 e. The molecule has 4 heteroatoms. The van der Waals surface area contributed by atoms with E-state index in [9.17, 15) is 4.79 Å². The van der Waals surface area contributed by atoms with Crippen molar-refractivity contribution in [1.82, 2.24) is 4.90 Å². The Morgan fingerprint density at radius 3 is 2.53 bits per heavy atom. The van der Waals surface area contributed by atoms with Crippen LogP contribution in [0.25, 0.3) is 0 Å². The number of benzene rings is 1. The normalized spacial score (nSPS) is 16.8. The molecule has 0 aliphatic carbocycles. The van der Waals surface area contributed by atoms with E-state index in [0.717, 1.165) is 19.6 Å². The Balaban J connectivity index is 1.83. The molecule has 19 heavy (non-hydrogen) atoms. The Kier molecular flexibility index (Phi) is 5.21. The second-order valence-corrected chi connectivity index (χ2v) is 4.91. The molecule has 1 aromatic rings. The van der Waals surface area contributed by atoms with Gasteiger partial charge in [0.25, 0.3) is 0 Å². The minimum Gasteiger partial charge on any atom is -0.491 e. The second kappa shape index (κ2) is 7.14. The van der Waals surface area contributed by atoms with Crippen molar-refractivity contribution in [2.75, 3.05) is 26.2 Å². The summed E-state index contributed by atoms with van der Waals surface area (Å²) in [7, 11) is 0. The van der Waals surface area contributed by atoms with Crippen LogP contribution < -0.4 is 4.74 Å². The van der Waals surface area contributed by atoms with Gasteiger partial charge in [-0.15, -0.1) is 0 Å². The first-order chi connectivity index (χ1) is 9.27. The van der Waals surface area contributed by atoms with Crippen molar-refractivity contribution < 1.29 is 14.6 Å². The highest BCUT2D eigenvalue weighted by Crippen LogP contribution is 2.18. The number of rotatable bonds is 5. The predicted molar refractivity (Wildman–Crippen MR) is 73.8 cm³/mol. The number of carboxylic acid groups (broad SMARTS) is 1. The van der Waals surface area contributed by atoms with Gasteiger partial charge in [0, 0.05) is 6.54 Å². The maximum Gasteiger partial charge on any atom is 0.339 e. The van der Waals surface area contributed by atoms with Crippen molar-refractivity contribution in [3.05, 3.63) is 29.8 Å². The molecule has 104 valence electrons. The minimum absolute atomic E-state index is 0.235. The van der Waals surface area contributed by atoms with E-state index in [2.05, 4.69) is 4.90 Å². The SMILES string of the molecule is O=C(O)c1ccccc1OCCN1CCCCCC1. The van der Waals surface area contributed by atoms with Gasteiger partial charge < -0.3 is 9.84 Å². The lowest BCUT2D eigenvalue weighted by molar-refractivity contribution is 0.0691. The van der Waals surface area contributed by atoms with Crippen molar-refractivity contribution in [3.8, 4) is 5.75 Å². The largest absolute Gasteiger partial charge is 0.491 e. The number of ether oxygens (including phenoxy) is 1. The Labute approximate surface area is 114 Å². The van der Waals surface area contributed by atoms with E-state index in [0.29, 0.717) is 12.4 Å². The summed E-state index contributed by atoms with van der Waals surface area (Å²) in [6, 6.07) is 6.80. The molecular formula is C15H21NO3. The van der Waals surface area contributed by atoms with Crippen LogP contribution >= 0.6 is 0 Å². The molecule has 0 radical (unpaired) electrons. The van der Waals surface area contributed by atoms with Gasteiger partial charge in [-0.1, -0.05) is 25.0 Å². The molecule has 0 aromatic heterocycles. The number of para-hydroxylation sites is 1. The fraction of sp³-hybridized carbons (Fsp3) is 0.533. The molecule has 0 saturated carbocycles. The monoisotopic (exact) mass is 263 g/mol. The number of carbonyl (C=O) groups is 1. The van der Waals surface area contributed by atoms with Crippen LogP contribution in [-0.4, -0.2) is 42.2 Å². The number of aromatic carboxylic acids is 1. The molecule has 0 atom stereocenters. The number of hydrogen-bond donors (Lipinski definition) is 1. The molecule has 4 nitrogen and oxygen atoms in total. The molecule has 2 rings (SSSR count). The van der Waals surface area contributed by atoms with E-state index >= 15 is 0 Å². The zero-order valence-electron chi connectivity index (χ0n) is 11.2. The van der Waals surface area contributed by atoms with Gasteiger partial charge in [0.1, 0.15) is 17.9 Å². The van der Waals surface area contributed by atoms with Crippen LogP contribution in [0.4, 0.5) is 0 Å². The van der Waals surface area contributed by atoms with Gasteiger partial charge in [0.05, 0.1) is 0 Å². The molecule has 0 spiro atoms. The van der Waals surface area contributed by atoms with E-state index in [1.165, 1.54) is 25.7 Å². The third kappa shape index (κ3) is 4.24. The summed E-state index contributed by atoms with van der Waals surface area (Å²) in [5.74, 6) is -0.477. The maximum absolute atomic E-state index is 11.0. The molecule has 0 unspecified atom stereocenters. The van der Waals surface area contributed by atoms with Gasteiger partial charge in [0.2, 0.25) is 0 Å². The molecule has 1 heterocycles. The molecule has 0 amide bonds. The molecule has 1 aliphatic rings. The van der Waals surface area contributed by atoms with Gasteiger partial charge in [-0.3, -0.25) is 4.90 Å². The molecular weight excluding hydrogens is 242 g/mol. The fourth-order valence-electron chi connectivity index (χ4n) is 2.41. The van der Waals surface area contributed by atoms with Crippen molar-refractivity contribution in [3.63, 3.8) is 0 Å². The Morgan fingerprint density at radius 2 is 1.84 bits per heavy atom. The first-order valence-corrected chi connectivity index (χ1v) is 6.95. The van der Waals surface area contributed by atoms with Crippen LogP contribution in [0.1, 0.15) is 36.0 Å². The predicted octanol–water partition coefficient (Wildman–Crippen LogP) is 2.64. The third-order valence-corrected chi connectivity index (χ3v) is 3.48. The van der Waals surface area contributed by atoms with Crippen LogP contribution in [0, 0.1) is 0 Å². The highest BCUT2D eigenvalue weighted by molar-refractivity contribution is 5.90. The highest BCUT2D eigenvalue weighted by Gasteiger charge is 2.12. The quantitative estimate of drug-likeness (QED) is 0.887. The lowest BCUT2D eigenvalue weighted by Gasteiger charge is -2.20. The molecule has 0 bridgehead atoms. The molecule has 1 aliphatic heterocycles. The van der Waals surface area contributed by atoms with E-state index in [-0.39, 0.29) is 5.56 Å². The Morgan fingerprint density at radius 1 is 1.16 bits per heavy atom. The number of carboxylic acids is 1. The van der Waals surface area contributed by atoms with Crippen molar-refractivity contribution in [1.29, 1.82) is 0 Å². The standard InChI is InChI=1S/C15H21NO3/c17-15(18)13-7-3-4-8-14(13)19-12-11-16-9-5-1-2-6-10-16/h3-4,7-8H,1-2,5-6,9-12H2,(H,17,18). The minimum atomic E-state index is -0.939. The zero-order valence-corrected chi connectivity index (χ0v) is 11.2. The lowest BCUT2D eigenvalue weighted by atomic mass is 10.2. The van der Waals surface area contributed by atoms with Gasteiger partial charge in [0.15, 0.2) is 0 Å². The van der Waals surface area contributed by atoms with E-state index in [1.807, 2.05) is 0 Å². The molecule has 1 saturated heterocycles. The Hall–Kier alpha value is -1.55. The molecule has 1 aromatic carbocycles. The summed E-state index contributed by atoms with van der Waals surface area (Å²) in [5, 5.41) is 9.06. The maximum atomic E-state index is 11.0. The number of likely N-dealkylation sites (tertiary alicyclic amines) is 1. The van der Waals surface area contributed by atoms with Gasteiger partial charge in [-0.25, -0.2) is 4.79 Å². The molecule has 1 N–H and O–H groups in total. The Bertz CT molecular complexity index is 412. The molecule has 1 fully saturated rings. The van der Waals surface area contributed by atoms with Crippen LogP contribution in [-0.2, 0) is 0 Å².